The molecule has 0 aliphatic heterocycles. The molecule has 3 N–H and O–H groups in total. The highest BCUT2D eigenvalue weighted by Crippen LogP contribution is 2.39. The maximum atomic E-state index is 12.6. The summed E-state index contributed by atoms with van der Waals surface area (Å²) in [6.07, 6.45) is 2.74. The lowest BCUT2D eigenvalue weighted by Gasteiger charge is -2.18. The molecule has 0 saturated heterocycles. The summed E-state index contributed by atoms with van der Waals surface area (Å²) in [5.74, 6) is 2.05. The molecule has 11 heteroatoms. The van der Waals surface area contributed by atoms with Gasteiger partial charge in [0, 0.05) is 11.9 Å². The molecule has 3 aromatic rings. The molecule has 34 heavy (non-hydrogen) atoms. The van der Waals surface area contributed by atoms with Crippen LogP contribution in [-0.2, 0) is 31.3 Å². The van der Waals surface area contributed by atoms with E-state index in [2.05, 4.69) is 22.4 Å². The minimum atomic E-state index is -0.496. The van der Waals surface area contributed by atoms with Gasteiger partial charge in [0.2, 0.25) is 5.91 Å². The molecule has 0 spiro atoms. The number of ether oxygens (including phenoxy) is 2. The van der Waals surface area contributed by atoms with Gasteiger partial charge in [-0.2, -0.15) is 0 Å². The van der Waals surface area contributed by atoms with E-state index in [1.165, 1.54) is 23.1 Å². The Balaban J connectivity index is 1.35. The summed E-state index contributed by atoms with van der Waals surface area (Å²) in [6.45, 7) is 2.43. The van der Waals surface area contributed by atoms with Crippen LogP contribution in [0.25, 0.3) is 0 Å². The van der Waals surface area contributed by atoms with E-state index < -0.39 is 5.91 Å². The van der Waals surface area contributed by atoms with Crippen LogP contribution in [0.1, 0.15) is 40.0 Å². The number of anilines is 1. The minimum absolute atomic E-state index is 0.127. The largest absolute Gasteiger partial charge is 0.497 e. The van der Waals surface area contributed by atoms with E-state index in [9.17, 15) is 9.59 Å². The maximum Gasteiger partial charge on any atom is 0.251 e. The van der Waals surface area contributed by atoms with Crippen LogP contribution in [0, 0.1) is 5.92 Å². The molecule has 0 saturated carbocycles. The number of nitrogens with two attached hydrogens (primary N) is 1. The monoisotopic (exact) mass is 501 g/mol. The zero-order chi connectivity index (χ0) is 24.2. The second-order valence-electron chi connectivity index (χ2n) is 8.18. The number of methoxy groups -OCH3 is 1. The number of thiophene rings is 1. The molecule has 1 aromatic carbocycles. The smallest absolute Gasteiger partial charge is 0.251 e. The first-order chi connectivity index (χ1) is 16.4. The maximum absolute atomic E-state index is 12.6. The number of rotatable bonds is 9. The Labute approximate surface area is 206 Å². The van der Waals surface area contributed by atoms with Crippen LogP contribution < -0.4 is 20.5 Å². The molecule has 2 heterocycles. The third kappa shape index (κ3) is 5.36. The molecule has 1 aliphatic rings. The number of amides is 2. The molecule has 2 amide bonds. The van der Waals surface area contributed by atoms with Crippen LogP contribution in [0.15, 0.2) is 29.4 Å². The molecule has 180 valence electrons. The van der Waals surface area contributed by atoms with E-state index in [4.69, 9.17) is 15.2 Å². The summed E-state index contributed by atoms with van der Waals surface area (Å²) in [7, 11) is 3.44. The average Bonchev–Trinajstić information content (AvgIpc) is 3.35. The minimum Gasteiger partial charge on any atom is -0.497 e. The number of carbonyl (C=O) groups is 2. The van der Waals surface area contributed by atoms with Crippen molar-refractivity contribution in [1.82, 2.24) is 14.8 Å². The number of carbonyl (C=O) groups excluding carboxylic acids is 2. The van der Waals surface area contributed by atoms with Crippen molar-refractivity contribution in [3.63, 3.8) is 0 Å². The van der Waals surface area contributed by atoms with Gasteiger partial charge in [-0.3, -0.25) is 9.59 Å². The highest BCUT2D eigenvalue weighted by molar-refractivity contribution is 7.99. The second-order valence-corrected chi connectivity index (χ2v) is 10.2. The van der Waals surface area contributed by atoms with E-state index in [0.717, 1.165) is 35.5 Å². The number of hydrogen-bond acceptors (Lipinski definition) is 8. The Morgan fingerprint density at radius 2 is 2.00 bits per heavy atom. The third-order valence-electron chi connectivity index (χ3n) is 5.70. The summed E-state index contributed by atoms with van der Waals surface area (Å²) in [4.78, 5) is 25.9. The van der Waals surface area contributed by atoms with E-state index in [-0.39, 0.29) is 18.3 Å². The van der Waals surface area contributed by atoms with Gasteiger partial charge in [-0.05, 0) is 55.0 Å². The molecule has 9 nitrogen and oxygen atoms in total. The molecule has 0 fully saturated rings. The summed E-state index contributed by atoms with van der Waals surface area (Å²) in [5.41, 5.74) is 7.09. The summed E-state index contributed by atoms with van der Waals surface area (Å²) < 4.78 is 12.7. The Morgan fingerprint density at radius 1 is 1.26 bits per heavy atom. The van der Waals surface area contributed by atoms with Crippen LogP contribution in [0.2, 0.25) is 0 Å². The van der Waals surface area contributed by atoms with Crippen LogP contribution in [0.3, 0.4) is 0 Å². The first-order valence-corrected chi connectivity index (χ1v) is 12.7. The van der Waals surface area contributed by atoms with Gasteiger partial charge in [0.05, 0.1) is 18.4 Å². The van der Waals surface area contributed by atoms with Crippen LogP contribution in [0.4, 0.5) is 5.00 Å². The van der Waals surface area contributed by atoms with Gasteiger partial charge < -0.3 is 25.1 Å². The number of aromatic nitrogens is 3. The summed E-state index contributed by atoms with van der Waals surface area (Å²) >= 11 is 2.72. The molecule has 4 rings (SSSR count). The van der Waals surface area contributed by atoms with Crippen molar-refractivity contribution in [1.29, 1.82) is 0 Å². The molecular weight excluding hydrogens is 474 g/mol. The van der Waals surface area contributed by atoms with Gasteiger partial charge >= 0.3 is 0 Å². The molecule has 0 bridgehead atoms. The number of primary amides is 1. The lowest BCUT2D eigenvalue weighted by Crippen LogP contribution is -2.20. The van der Waals surface area contributed by atoms with Crippen molar-refractivity contribution in [2.75, 3.05) is 18.2 Å². The molecule has 0 radical (unpaired) electrons. The zero-order valence-electron chi connectivity index (χ0n) is 19.3. The van der Waals surface area contributed by atoms with E-state index >= 15 is 0 Å². The zero-order valence-corrected chi connectivity index (χ0v) is 20.9. The van der Waals surface area contributed by atoms with Crippen molar-refractivity contribution in [3.05, 3.63) is 46.1 Å². The lowest BCUT2D eigenvalue weighted by atomic mass is 9.88. The first-order valence-electron chi connectivity index (χ1n) is 10.9. The van der Waals surface area contributed by atoms with E-state index in [1.54, 1.807) is 11.7 Å². The fourth-order valence-electron chi connectivity index (χ4n) is 3.81. The quantitative estimate of drug-likeness (QED) is 0.431. The fourth-order valence-corrected chi connectivity index (χ4v) is 5.97. The predicted molar refractivity (Wildman–Crippen MR) is 132 cm³/mol. The number of thioether (sulfide) groups is 1. The van der Waals surface area contributed by atoms with Gasteiger partial charge in [-0.25, -0.2) is 0 Å². The molecule has 1 atom stereocenters. The summed E-state index contributed by atoms with van der Waals surface area (Å²) in [5, 5.41) is 12.4. The number of hydrogen-bond donors (Lipinski definition) is 2. The van der Waals surface area contributed by atoms with Gasteiger partial charge in [-0.1, -0.05) is 18.7 Å². The SMILES string of the molecule is COc1ccc(OCc2nnc(SCC(=O)Nc3sc4c(c3C(N)=O)CCC(C)C4)n2C)cc1. The Kier molecular flexibility index (Phi) is 7.42. The molecule has 1 unspecified atom stereocenters. The van der Waals surface area contributed by atoms with Gasteiger partial charge in [0.25, 0.3) is 5.91 Å². The number of fused-ring (bicyclic) bond motifs is 1. The summed E-state index contributed by atoms with van der Waals surface area (Å²) in [6, 6.07) is 7.28. The standard InChI is InChI=1S/C23H27N5O4S2/c1-13-4-9-16-17(10-13)34-22(20(16)21(24)30)25-19(29)12-33-23-27-26-18(28(23)2)11-32-15-7-5-14(31-3)6-8-15/h5-8,13H,4,9-12H2,1-3H3,(H2,24,30)(H,25,29). The first kappa shape index (κ1) is 24.1. The fraction of sp³-hybridized carbons (Fsp3) is 0.391. The van der Waals surface area contributed by atoms with Gasteiger partial charge in [0.1, 0.15) is 23.1 Å². The van der Waals surface area contributed by atoms with Crippen LogP contribution in [-0.4, -0.2) is 39.4 Å². The third-order valence-corrected chi connectivity index (χ3v) is 7.89. The topological polar surface area (TPSA) is 121 Å². The van der Waals surface area contributed by atoms with Crippen molar-refractivity contribution in [2.45, 2.75) is 37.9 Å². The average molecular weight is 502 g/mol. The van der Waals surface area contributed by atoms with E-state index in [1.807, 2.05) is 31.3 Å². The molecule has 2 aromatic heterocycles. The van der Waals surface area contributed by atoms with Gasteiger partial charge in [0.15, 0.2) is 11.0 Å². The lowest BCUT2D eigenvalue weighted by molar-refractivity contribution is -0.113. The van der Waals surface area contributed by atoms with E-state index in [0.29, 0.717) is 33.2 Å². The van der Waals surface area contributed by atoms with Crippen molar-refractivity contribution in [3.8, 4) is 11.5 Å². The Morgan fingerprint density at radius 3 is 2.71 bits per heavy atom. The number of nitrogens with zero attached hydrogens (tertiary/aromatic N) is 3. The Hall–Kier alpha value is -3.05. The van der Waals surface area contributed by atoms with Crippen molar-refractivity contribution in [2.24, 2.45) is 18.7 Å². The predicted octanol–water partition coefficient (Wildman–Crippen LogP) is 3.42. The van der Waals surface area contributed by atoms with Crippen LogP contribution >= 0.6 is 23.1 Å². The molecule has 1 aliphatic carbocycles. The second kappa shape index (κ2) is 10.5. The molecular formula is C23H27N5O4S2. The van der Waals surface area contributed by atoms with Crippen molar-refractivity contribution >= 4 is 39.9 Å². The highest BCUT2D eigenvalue weighted by atomic mass is 32.2. The highest BCUT2D eigenvalue weighted by Gasteiger charge is 2.27. The van der Waals surface area contributed by atoms with Gasteiger partial charge in [-0.15, -0.1) is 21.5 Å². The number of benzene rings is 1. The number of nitrogens with one attached hydrogen (secondary N) is 1. The van der Waals surface area contributed by atoms with Crippen molar-refractivity contribution < 1.29 is 19.1 Å². The van der Waals surface area contributed by atoms with Crippen LogP contribution in [0.5, 0.6) is 11.5 Å². The Bertz CT molecular complexity index is 1190. The normalized spacial score (nSPS) is 15.0.